The van der Waals surface area contributed by atoms with E-state index in [1.807, 2.05) is 32.0 Å². The first-order valence-corrected chi connectivity index (χ1v) is 5.96. The van der Waals surface area contributed by atoms with E-state index in [4.69, 9.17) is 10.8 Å². The van der Waals surface area contributed by atoms with Crippen molar-refractivity contribution in [3.05, 3.63) is 21.8 Å². The van der Waals surface area contributed by atoms with E-state index in [2.05, 4.69) is 27.9 Å². The fourth-order valence-corrected chi connectivity index (χ4v) is 1.87. The Hall–Kier alpha value is -0.490. The van der Waals surface area contributed by atoms with E-state index in [1.165, 1.54) is 0 Å². The summed E-state index contributed by atoms with van der Waals surface area (Å²) >= 11 is 2.23. The Morgan fingerprint density at radius 1 is 1.47 bits per heavy atom. The van der Waals surface area contributed by atoms with Gasteiger partial charge in [-0.3, -0.25) is 0 Å². The van der Waals surface area contributed by atoms with E-state index in [-0.39, 0.29) is 12.1 Å². The van der Waals surface area contributed by atoms with Gasteiger partial charge in [0, 0.05) is 15.7 Å². The molecule has 1 rings (SSSR count). The second kappa shape index (κ2) is 5.03. The number of aliphatic hydroxyl groups excluding tert-OH is 1. The molecule has 1 aromatic rings. The zero-order chi connectivity index (χ0) is 11.5. The van der Waals surface area contributed by atoms with Crippen LogP contribution in [0.25, 0.3) is 0 Å². The summed E-state index contributed by atoms with van der Waals surface area (Å²) in [5.41, 5.74) is 7.42. The minimum atomic E-state index is -0.143. The van der Waals surface area contributed by atoms with Crippen LogP contribution in [0.5, 0.6) is 0 Å². The molecular formula is C11H17IN2O. The third-order valence-corrected chi connectivity index (χ3v) is 2.89. The topological polar surface area (TPSA) is 58.3 Å². The second-order valence-electron chi connectivity index (χ2n) is 4.21. The number of aliphatic hydroxyl groups is 1. The van der Waals surface area contributed by atoms with Crippen LogP contribution in [0.2, 0.25) is 0 Å². The molecule has 15 heavy (non-hydrogen) atoms. The van der Waals surface area contributed by atoms with Crippen LogP contribution in [-0.2, 0) is 0 Å². The van der Waals surface area contributed by atoms with Gasteiger partial charge in [0.15, 0.2) is 0 Å². The number of hydrogen-bond acceptors (Lipinski definition) is 3. The fourth-order valence-electron chi connectivity index (χ4n) is 1.35. The highest BCUT2D eigenvalue weighted by Crippen LogP contribution is 2.25. The average Bonchev–Trinajstić information content (AvgIpc) is 2.09. The molecule has 0 unspecified atom stereocenters. The number of anilines is 2. The maximum absolute atomic E-state index is 8.92. The van der Waals surface area contributed by atoms with Crippen LogP contribution in [0.1, 0.15) is 20.3 Å². The maximum Gasteiger partial charge on any atom is 0.0578 e. The molecule has 0 saturated carbocycles. The first kappa shape index (κ1) is 12.6. The number of hydrogen-bond donors (Lipinski definition) is 3. The van der Waals surface area contributed by atoms with E-state index in [0.717, 1.165) is 14.9 Å². The van der Waals surface area contributed by atoms with Crippen LogP contribution >= 0.6 is 22.6 Å². The molecule has 1 aromatic carbocycles. The molecule has 0 radical (unpaired) electrons. The second-order valence-corrected chi connectivity index (χ2v) is 5.46. The van der Waals surface area contributed by atoms with Crippen LogP contribution in [-0.4, -0.2) is 17.3 Å². The van der Waals surface area contributed by atoms with Crippen LogP contribution < -0.4 is 11.1 Å². The molecule has 84 valence electrons. The van der Waals surface area contributed by atoms with Crippen molar-refractivity contribution in [3.63, 3.8) is 0 Å². The minimum Gasteiger partial charge on any atom is -0.397 e. The van der Waals surface area contributed by atoms with Crippen molar-refractivity contribution in [2.24, 2.45) is 0 Å². The Morgan fingerprint density at radius 3 is 2.67 bits per heavy atom. The molecule has 0 spiro atoms. The summed E-state index contributed by atoms with van der Waals surface area (Å²) in [4.78, 5) is 0. The summed E-state index contributed by atoms with van der Waals surface area (Å²) < 4.78 is 1.12. The number of halogens is 1. The van der Waals surface area contributed by atoms with Crippen LogP contribution in [0.3, 0.4) is 0 Å². The SMILES string of the molecule is CC(C)(CCO)Nc1ccc(I)cc1N. The fraction of sp³-hybridized carbons (Fsp3) is 0.455. The van der Waals surface area contributed by atoms with Gasteiger partial charge in [0.25, 0.3) is 0 Å². The highest BCUT2D eigenvalue weighted by molar-refractivity contribution is 14.1. The molecule has 0 amide bonds. The predicted octanol–water partition coefficient (Wildman–Crippen LogP) is 2.45. The zero-order valence-corrected chi connectivity index (χ0v) is 11.2. The Morgan fingerprint density at radius 2 is 2.13 bits per heavy atom. The van der Waals surface area contributed by atoms with E-state index in [1.54, 1.807) is 0 Å². The van der Waals surface area contributed by atoms with Crippen molar-refractivity contribution in [2.75, 3.05) is 17.7 Å². The number of nitrogens with two attached hydrogens (primary N) is 1. The van der Waals surface area contributed by atoms with E-state index >= 15 is 0 Å². The molecule has 4 N–H and O–H groups in total. The lowest BCUT2D eigenvalue weighted by Gasteiger charge is -2.27. The van der Waals surface area contributed by atoms with E-state index in [9.17, 15) is 0 Å². The summed E-state index contributed by atoms with van der Waals surface area (Å²) in [5, 5.41) is 12.2. The Kier molecular flexibility index (Phi) is 4.21. The Bertz CT molecular complexity index is 339. The van der Waals surface area contributed by atoms with Gasteiger partial charge < -0.3 is 16.2 Å². The van der Waals surface area contributed by atoms with Crippen LogP contribution in [0.4, 0.5) is 11.4 Å². The zero-order valence-electron chi connectivity index (χ0n) is 9.05. The number of nitrogens with one attached hydrogen (secondary N) is 1. The lowest BCUT2D eigenvalue weighted by atomic mass is 10.0. The lowest BCUT2D eigenvalue weighted by molar-refractivity contribution is 0.261. The van der Waals surface area contributed by atoms with Crippen molar-refractivity contribution >= 4 is 34.0 Å². The van der Waals surface area contributed by atoms with Gasteiger partial charge in [-0.2, -0.15) is 0 Å². The summed E-state index contributed by atoms with van der Waals surface area (Å²) in [6, 6.07) is 5.91. The molecule has 0 heterocycles. The average molecular weight is 320 g/mol. The highest BCUT2D eigenvalue weighted by atomic mass is 127. The van der Waals surface area contributed by atoms with E-state index < -0.39 is 0 Å². The smallest absolute Gasteiger partial charge is 0.0578 e. The van der Waals surface area contributed by atoms with Gasteiger partial charge >= 0.3 is 0 Å². The third kappa shape index (κ3) is 3.87. The number of nitrogen functional groups attached to an aromatic ring is 1. The van der Waals surface area contributed by atoms with Crippen molar-refractivity contribution < 1.29 is 5.11 Å². The molecular weight excluding hydrogens is 303 g/mol. The quantitative estimate of drug-likeness (QED) is 0.590. The predicted molar refractivity (Wildman–Crippen MR) is 73.0 cm³/mol. The summed E-state index contributed by atoms with van der Waals surface area (Å²) in [7, 11) is 0. The number of benzene rings is 1. The largest absolute Gasteiger partial charge is 0.397 e. The van der Waals surface area contributed by atoms with Gasteiger partial charge in [0.2, 0.25) is 0 Å². The lowest BCUT2D eigenvalue weighted by Crippen LogP contribution is -2.32. The summed E-state index contributed by atoms with van der Waals surface area (Å²) in [5.74, 6) is 0. The van der Waals surface area contributed by atoms with Crippen molar-refractivity contribution in [2.45, 2.75) is 25.8 Å². The molecule has 0 aliphatic heterocycles. The standard InChI is InChI=1S/C11H17IN2O/c1-11(2,5-6-15)14-10-4-3-8(12)7-9(10)13/h3-4,7,14-15H,5-6,13H2,1-2H3. The van der Waals surface area contributed by atoms with Gasteiger partial charge in [-0.05, 0) is 61.1 Å². The highest BCUT2D eigenvalue weighted by Gasteiger charge is 2.17. The van der Waals surface area contributed by atoms with Crippen molar-refractivity contribution in [1.29, 1.82) is 0 Å². The van der Waals surface area contributed by atoms with Crippen molar-refractivity contribution in [1.82, 2.24) is 0 Å². The van der Waals surface area contributed by atoms with Crippen molar-refractivity contribution in [3.8, 4) is 0 Å². The molecule has 0 aliphatic rings. The van der Waals surface area contributed by atoms with Gasteiger partial charge in [-0.15, -0.1) is 0 Å². The van der Waals surface area contributed by atoms with E-state index in [0.29, 0.717) is 6.42 Å². The maximum atomic E-state index is 8.92. The normalized spacial score (nSPS) is 11.5. The molecule has 0 aromatic heterocycles. The molecule has 4 heteroatoms. The molecule has 0 aliphatic carbocycles. The molecule has 0 saturated heterocycles. The monoisotopic (exact) mass is 320 g/mol. The molecule has 0 atom stereocenters. The third-order valence-electron chi connectivity index (χ3n) is 2.22. The van der Waals surface area contributed by atoms with Gasteiger partial charge in [0.1, 0.15) is 0 Å². The van der Waals surface area contributed by atoms with Gasteiger partial charge in [-0.1, -0.05) is 0 Å². The summed E-state index contributed by atoms with van der Waals surface area (Å²) in [6.07, 6.45) is 0.693. The molecule has 0 fully saturated rings. The minimum absolute atomic E-state index is 0.143. The van der Waals surface area contributed by atoms with Gasteiger partial charge in [0.05, 0.1) is 11.4 Å². The molecule has 3 nitrogen and oxygen atoms in total. The first-order chi connectivity index (χ1) is 6.94. The van der Waals surface area contributed by atoms with Crippen LogP contribution in [0, 0.1) is 3.57 Å². The Balaban J connectivity index is 2.80. The first-order valence-electron chi connectivity index (χ1n) is 4.89. The number of rotatable bonds is 4. The van der Waals surface area contributed by atoms with Gasteiger partial charge in [-0.25, -0.2) is 0 Å². The summed E-state index contributed by atoms with van der Waals surface area (Å²) in [6.45, 7) is 4.26. The Labute approximate surface area is 104 Å². The van der Waals surface area contributed by atoms with Crippen LogP contribution in [0.15, 0.2) is 18.2 Å². The molecule has 0 bridgehead atoms.